The van der Waals surface area contributed by atoms with Gasteiger partial charge in [-0.3, -0.25) is 9.59 Å². The molecule has 0 aliphatic rings. The molecule has 0 aromatic rings. The van der Waals surface area contributed by atoms with Crippen LogP contribution < -0.4 is 0 Å². The van der Waals surface area contributed by atoms with Crippen molar-refractivity contribution in [1.82, 2.24) is 0 Å². The topological polar surface area (TPSA) is 72.8 Å². The van der Waals surface area contributed by atoms with E-state index in [1.165, 1.54) is 64.7 Å². The number of allylic oxidation sites excluding steroid dienone is 2. The number of aliphatic hydroxyl groups is 1. The van der Waals surface area contributed by atoms with E-state index in [0.29, 0.717) is 6.42 Å². The summed E-state index contributed by atoms with van der Waals surface area (Å²) >= 11 is 0. The van der Waals surface area contributed by atoms with Crippen LogP contribution in [0.25, 0.3) is 0 Å². The van der Waals surface area contributed by atoms with Crippen LogP contribution in [0.3, 0.4) is 0 Å². The molecule has 1 atom stereocenters. The molecule has 5 nitrogen and oxygen atoms in total. The number of carbonyl (C=O) groups excluding carboxylic acids is 2. The first-order valence-corrected chi connectivity index (χ1v) is 11.2. The molecule has 1 N–H and O–H groups in total. The van der Waals surface area contributed by atoms with E-state index in [4.69, 9.17) is 14.6 Å². The molecular weight excluding hydrogens is 356 g/mol. The predicted molar refractivity (Wildman–Crippen MR) is 113 cm³/mol. The summed E-state index contributed by atoms with van der Waals surface area (Å²) in [6.45, 7) is 3.08. The first-order chi connectivity index (χ1) is 13.6. The summed E-state index contributed by atoms with van der Waals surface area (Å²) in [6, 6.07) is 0. The fourth-order valence-corrected chi connectivity index (χ4v) is 2.96. The van der Waals surface area contributed by atoms with E-state index >= 15 is 0 Å². The summed E-state index contributed by atoms with van der Waals surface area (Å²) in [5, 5.41) is 9.03. The van der Waals surface area contributed by atoms with Gasteiger partial charge in [-0.1, -0.05) is 70.4 Å². The molecule has 28 heavy (non-hydrogen) atoms. The van der Waals surface area contributed by atoms with Crippen LogP contribution in [0.15, 0.2) is 12.2 Å². The fraction of sp³-hybridized carbons (Fsp3) is 0.826. The van der Waals surface area contributed by atoms with Crippen LogP contribution in [0.1, 0.15) is 104 Å². The van der Waals surface area contributed by atoms with Crippen molar-refractivity contribution in [2.24, 2.45) is 0 Å². The minimum absolute atomic E-state index is 0.0833. The van der Waals surface area contributed by atoms with Crippen LogP contribution in [-0.4, -0.2) is 36.4 Å². The van der Waals surface area contributed by atoms with Crippen LogP contribution in [0.4, 0.5) is 0 Å². The monoisotopic (exact) mass is 398 g/mol. The zero-order valence-corrected chi connectivity index (χ0v) is 18.1. The number of unbranched alkanes of at least 4 members (excludes halogenated alkanes) is 11. The number of hydrogen-bond acceptors (Lipinski definition) is 5. The lowest BCUT2D eigenvalue weighted by Crippen LogP contribution is -2.27. The van der Waals surface area contributed by atoms with Crippen molar-refractivity contribution in [2.75, 3.05) is 13.2 Å². The first kappa shape index (κ1) is 26.6. The molecule has 0 aromatic carbocycles. The predicted octanol–water partition coefficient (Wildman–Crippen LogP) is 5.49. The lowest BCUT2D eigenvalue weighted by atomic mass is 10.1. The van der Waals surface area contributed by atoms with Gasteiger partial charge in [-0.25, -0.2) is 0 Å². The van der Waals surface area contributed by atoms with E-state index in [9.17, 15) is 9.59 Å². The Bertz CT molecular complexity index is 406. The van der Waals surface area contributed by atoms with Crippen molar-refractivity contribution >= 4 is 11.9 Å². The van der Waals surface area contributed by atoms with Crippen LogP contribution in [0.5, 0.6) is 0 Å². The highest BCUT2D eigenvalue weighted by atomic mass is 16.6. The summed E-state index contributed by atoms with van der Waals surface area (Å²) in [5.41, 5.74) is 0. The third-order valence-corrected chi connectivity index (χ3v) is 4.61. The van der Waals surface area contributed by atoms with Crippen LogP contribution in [0.2, 0.25) is 0 Å². The van der Waals surface area contributed by atoms with Gasteiger partial charge in [0.05, 0.1) is 6.61 Å². The Labute approximate surface area is 171 Å². The maximum absolute atomic E-state index is 11.6. The molecule has 0 unspecified atom stereocenters. The molecule has 0 fully saturated rings. The second-order valence-corrected chi connectivity index (χ2v) is 7.43. The number of aliphatic hydroxyl groups excluding tert-OH is 1. The van der Waals surface area contributed by atoms with Crippen LogP contribution in [-0.2, 0) is 19.1 Å². The third kappa shape index (κ3) is 19.4. The molecular formula is C23H42O5. The quantitative estimate of drug-likeness (QED) is 0.177. The smallest absolute Gasteiger partial charge is 0.305 e. The number of rotatable bonds is 19. The summed E-state index contributed by atoms with van der Waals surface area (Å²) < 4.78 is 9.84. The number of carbonyl (C=O) groups is 2. The fourth-order valence-electron chi connectivity index (χ4n) is 2.96. The highest BCUT2D eigenvalue weighted by Gasteiger charge is 2.13. The third-order valence-electron chi connectivity index (χ3n) is 4.61. The normalized spacial score (nSPS) is 12.2. The number of ether oxygens (including phenoxy) is 2. The molecule has 0 bridgehead atoms. The van der Waals surface area contributed by atoms with Gasteiger partial charge in [0.2, 0.25) is 0 Å². The van der Waals surface area contributed by atoms with E-state index in [2.05, 4.69) is 19.1 Å². The van der Waals surface area contributed by atoms with Crippen molar-refractivity contribution in [2.45, 2.75) is 110 Å². The highest BCUT2D eigenvalue weighted by molar-refractivity contribution is 5.69. The summed E-state index contributed by atoms with van der Waals surface area (Å²) in [5.74, 6) is -0.796. The Morgan fingerprint density at radius 2 is 1.39 bits per heavy atom. The number of hydrogen-bond donors (Lipinski definition) is 1. The Hall–Kier alpha value is -1.36. The van der Waals surface area contributed by atoms with E-state index < -0.39 is 12.1 Å². The average molecular weight is 399 g/mol. The Balaban J connectivity index is 3.39. The molecule has 0 aliphatic carbocycles. The zero-order chi connectivity index (χ0) is 20.9. The Kier molecular flexibility index (Phi) is 19.4. The molecule has 0 saturated heterocycles. The van der Waals surface area contributed by atoms with E-state index in [1.807, 2.05) is 0 Å². The molecule has 0 heterocycles. The molecule has 5 heteroatoms. The SMILES string of the molecule is CCCCCCCC/C=C\CCCCCCCC(=O)OC[C@H](CO)OC(C)=O. The lowest BCUT2D eigenvalue weighted by molar-refractivity contribution is -0.159. The van der Waals surface area contributed by atoms with Gasteiger partial charge in [0, 0.05) is 13.3 Å². The molecule has 0 amide bonds. The minimum Gasteiger partial charge on any atom is -0.462 e. The number of esters is 2. The van der Waals surface area contributed by atoms with Gasteiger partial charge < -0.3 is 14.6 Å². The molecule has 0 aromatic heterocycles. The molecule has 0 rings (SSSR count). The molecule has 164 valence electrons. The van der Waals surface area contributed by atoms with E-state index in [0.717, 1.165) is 25.7 Å². The highest BCUT2D eigenvalue weighted by Crippen LogP contribution is 2.10. The molecule has 0 spiro atoms. The van der Waals surface area contributed by atoms with E-state index in [-0.39, 0.29) is 19.2 Å². The largest absolute Gasteiger partial charge is 0.462 e. The van der Waals surface area contributed by atoms with Gasteiger partial charge in [0.15, 0.2) is 6.10 Å². The van der Waals surface area contributed by atoms with Crippen molar-refractivity contribution in [3.8, 4) is 0 Å². The van der Waals surface area contributed by atoms with Crippen molar-refractivity contribution in [3.05, 3.63) is 12.2 Å². The second-order valence-electron chi connectivity index (χ2n) is 7.43. The Morgan fingerprint density at radius 1 is 0.857 bits per heavy atom. The summed E-state index contributed by atoms with van der Waals surface area (Å²) in [7, 11) is 0. The van der Waals surface area contributed by atoms with Crippen LogP contribution in [0, 0.1) is 0 Å². The molecule has 0 radical (unpaired) electrons. The van der Waals surface area contributed by atoms with Crippen molar-refractivity contribution in [3.63, 3.8) is 0 Å². The standard InChI is InChI=1S/C23H42O5/c1-3-4-5-6-7-8-9-10-11-12-13-14-15-16-17-18-23(26)27-20-22(19-24)28-21(2)25/h10-11,22,24H,3-9,12-20H2,1-2H3/b11-10-/t22-/m0/s1. The van der Waals surface area contributed by atoms with Crippen molar-refractivity contribution < 1.29 is 24.2 Å². The maximum Gasteiger partial charge on any atom is 0.305 e. The summed E-state index contributed by atoms with van der Waals surface area (Å²) in [4.78, 5) is 22.4. The van der Waals surface area contributed by atoms with Gasteiger partial charge in [-0.2, -0.15) is 0 Å². The molecule has 0 aliphatic heterocycles. The van der Waals surface area contributed by atoms with Gasteiger partial charge in [-0.15, -0.1) is 0 Å². The lowest BCUT2D eigenvalue weighted by Gasteiger charge is -2.14. The first-order valence-electron chi connectivity index (χ1n) is 11.2. The Morgan fingerprint density at radius 3 is 1.93 bits per heavy atom. The van der Waals surface area contributed by atoms with E-state index in [1.54, 1.807) is 0 Å². The van der Waals surface area contributed by atoms with Gasteiger partial charge in [0.25, 0.3) is 0 Å². The second kappa shape index (κ2) is 20.4. The van der Waals surface area contributed by atoms with Crippen LogP contribution >= 0.6 is 0 Å². The van der Waals surface area contributed by atoms with Crippen molar-refractivity contribution in [1.29, 1.82) is 0 Å². The zero-order valence-electron chi connectivity index (χ0n) is 18.1. The maximum atomic E-state index is 11.6. The van der Waals surface area contributed by atoms with Gasteiger partial charge >= 0.3 is 11.9 Å². The average Bonchev–Trinajstić information content (AvgIpc) is 2.67. The summed E-state index contributed by atoms with van der Waals surface area (Å²) in [6.07, 6.45) is 20.1. The van der Waals surface area contributed by atoms with Gasteiger partial charge in [0.1, 0.15) is 6.61 Å². The minimum atomic E-state index is -0.768. The van der Waals surface area contributed by atoms with Gasteiger partial charge in [-0.05, 0) is 32.1 Å². The molecule has 0 saturated carbocycles.